The molecule has 4 rings (SSSR count). The average Bonchev–Trinajstić information content (AvgIpc) is 3.37. The van der Waals surface area contributed by atoms with Gasteiger partial charge in [-0.3, -0.25) is 19.5 Å². The van der Waals surface area contributed by atoms with Gasteiger partial charge < -0.3 is 16.0 Å². The van der Waals surface area contributed by atoms with Crippen molar-refractivity contribution in [2.75, 3.05) is 23.7 Å². The maximum absolute atomic E-state index is 13.3. The number of benzene rings is 2. The molecular formula is C25H24Cl2N6O5S. The van der Waals surface area contributed by atoms with Gasteiger partial charge in [0, 0.05) is 24.8 Å². The smallest absolute Gasteiger partial charge is 0.271 e. The van der Waals surface area contributed by atoms with Crippen LogP contribution in [0.1, 0.15) is 33.7 Å². The van der Waals surface area contributed by atoms with Gasteiger partial charge in [-0.1, -0.05) is 41.9 Å². The Hall–Kier alpha value is -3.71. The molecule has 11 nitrogen and oxygen atoms in total. The molecule has 1 aliphatic rings. The minimum absolute atomic E-state index is 0.00754. The van der Waals surface area contributed by atoms with Crippen LogP contribution >= 0.6 is 23.2 Å². The van der Waals surface area contributed by atoms with Crippen molar-refractivity contribution in [1.82, 2.24) is 19.8 Å². The summed E-state index contributed by atoms with van der Waals surface area (Å²) in [6, 6.07) is 10.0. The van der Waals surface area contributed by atoms with Crippen LogP contribution < -0.4 is 16.0 Å². The van der Waals surface area contributed by atoms with Crippen molar-refractivity contribution >= 4 is 62.3 Å². The fourth-order valence-electron chi connectivity index (χ4n) is 4.07. The Morgan fingerprint density at radius 3 is 2.51 bits per heavy atom. The number of amides is 3. The number of hydrogen-bond donors (Lipinski definition) is 4. The van der Waals surface area contributed by atoms with Gasteiger partial charge in [0.25, 0.3) is 11.8 Å². The van der Waals surface area contributed by atoms with E-state index in [1.54, 1.807) is 12.1 Å². The van der Waals surface area contributed by atoms with E-state index in [0.29, 0.717) is 18.5 Å². The van der Waals surface area contributed by atoms with Gasteiger partial charge in [-0.25, -0.2) is 8.42 Å². The van der Waals surface area contributed by atoms with Crippen molar-refractivity contribution in [3.05, 3.63) is 82.6 Å². The standard InChI is InChI=1S/C25H24Cl2N6O5S/c1-2-21(34)29-15-6-3-8-17(12-15)39(37,38)33-11-5-7-16(14-33)30-25(36)23-20(13-28-32-23)31-24(35)22-18(26)9-4-10-19(22)27/h2-4,6,8-10,12-13,16H,1,5,7,11,14H2,(H,28,32)(H,29,34)(H,30,36)(H,31,35)/t16-/m1/s1. The molecule has 1 saturated heterocycles. The number of sulfonamides is 1. The first kappa shape index (κ1) is 28.3. The van der Waals surface area contributed by atoms with E-state index in [1.807, 2.05) is 0 Å². The lowest BCUT2D eigenvalue weighted by Crippen LogP contribution is -2.49. The molecule has 1 atom stereocenters. The number of aromatic amines is 1. The summed E-state index contributed by atoms with van der Waals surface area (Å²) in [5, 5.41) is 14.6. The van der Waals surface area contributed by atoms with Gasteiger partial charge in [-0.05, 0) is 49.2 Å². The Morgan fingerprint density at radius 2 is 1.79 bits per heavy atom. The van der Waals surface area contributed by atoms with Crippen LogP contribution in [0.15, 0.2) is 66.2 Å². The van der Waals surface area contributed by atoms with E-state index >= 15 is 0 Å². The molecule has 2 aromatic carbocycles. The molecule has 4 N–H and O–H groups in total. The van der Waals surface area contributed by atoms with E-state index in [2.05, 4.69) is 32.7 Å². The van der Waals surface area contributed by atoms with Gasteiger partial charge in [0.2, 0.25) is 15.9 Å². The number of anilines is 2. The highest BCUT2D eigenvalue weighted by Gasteiger charge is 2.32. The maximum atomic E-state index is 13.3. The Kier molecular flexibility index (Phi) is 8.70. The molecule has 14 heteroatoms. The van der Waals surface area contributed by atoms with E-state index in [0.717, 1.165) is 6.08 Å². The van der Waals surface area contributed by atoms with Crippen molar-refractivity contribution in [3.8, 4) is 0 Å². The summed E-state index contributed by atoms with van der Waals surface area (Å²) in [7, 11) is -3.91. The number of H-pyrrole nitrogens is 1. The van der Waals surface area contributed by atoms with Gasteiger partial charge in [-0.2, -0.15) is 9.40 Å². The first-order chi connectivity index (χ1) is 18.6. The quantitative estimate of drug-likeness (QED) is 0.293. The number of carbonyl (C=O) groups excluding carboxylic acids is 3. The molecule has 0 bridgehead atoms. The minimum Gasteiger partial charge on any atom is -0.347 e. The van der Waals surface area contributed by atoms with Crippen LogP contribution in [-0.2, 0) is 14.8 Å². The predicted octanol–water partition coefficient (Wildman–Crippen LogP) is 3.68. The molecule has 1 fully saturated rings. The third-order valence-corrected chi connectivity index (χ3v) is 8.44. The molecule has 0 saturated carbocycles. The SMILES string of the molecule is C=CC(=O)Nc1cccc(S(=O)(=O)N2CCC[C@@H](NC(=O)c3[nH]ncc3NC(=O)c3c(Cl)cccc3Cl)C2)c1. The Bertz CT molecular complexity index is 1520. The summed E-state index contributed by atoms with van der Waals surface area (Å²) in [6.07, 6.45) is 3.40. The van der Waals surface area contributed by atoms with Crippen LogP contribution in [-0.4, -0.2) is 59.8 Å². The molecule has 0 radical (unpaired) electrons. The summed E-state index contributed by atoms with van der Waals surface area (Å²) in [5.74, 6) is -1.66. The maximum Gasteiger partial charge on any atom is 0.271 e. The Morgan fingerprint density at radius 1 is 1.08 bits per heavy atom. The fourth-order valence-corrected chi connectivity index (χ4v) is 6.21. The summed E-state index contributed by atoms with van der Waals surface area (Å²) in [4.78, 5) is 37.4. The lowest BCUT2D eigenvalue weighted by Gasteiger charge is -2.32. The third-order valence-electron chi connectivity index (χ3n) is 5.95. The number of hydrogen-bond acceptors (Lipinski definition) is 6. The number of nitrogens with one attached hydrogen (secondary N) is 4. The second-order valence-electron chi connectivity index (χ2n) is 8.61. The number of rotatable bonds is 8. The van der Waals surface area contributed by atoms with E-state index in [4.69, 9.17) is 23.2 Å². The monoisotopic (exact) mass is 590 g/mol. The molecule has 0 spiro atoms. The van der Waals surface area contributed by atoms with Crippen molar-refractivity contribution in [1.29, 1.82) is 0 Å². The van der Waals surface area contributed by atoms with E-state index in [-0.39, 0.29) is 45.0 Å². The highest BCUT2D eigenvalue weighted by molar-refractivity contribution is 7.89. The summed E-state index contributed by atoms with van der Waals surface area (Å²) >= 11 is 12.2. The number of carbonyl (C=O) groups is 3. The topological polar surface area (TPSA) is 153 Å². The van der Waals surface area contributed by atoms with E-state index < -0.39 is 33.8 Å². The zero-order valence-corrected chi connectivity index (χ0v) is 22.7. The second-order valence-corrected chi connectivity index (χ2v) is 11.4. The van der Waals surface area contributed by atoms with Crippen molar-refractivity contribution in [2.24, 2.45) is 0 Å². The summed E-state index contributed by atoms with van der Waals surface area (Å²) < 4.78 is 27.9. The normalized spacial score (nSPS) is 15.8. The van der Waals surface area contributed by atoms with Gasteiger partial charge in [0.15, 0.2) is 0 Å². The highest BCUT2D eigenvalue weighted by atomic mass is 35.5. The first-order valence-corrected chi connectivity index (χ1v) is 13.9. The minimum atomic E-state index is -3.91. The molecule has 204 valence electrons. The second kappa shape index (κ2) is 12.0. The molecule has 39 heavy (non-hydrogen) atoms. The van der Waals surface area contributed by atoms with E-state index in [9.17, 15) is 22.8 Å². The molecule has 0 aliphatic carbocycles. The highest BCUT2D eigenvalue weighted by Crippen LogP contribution is 2.26. The number of nitrogens with zero attached hydrogens (tertiary/aromatic N) is 2. The van der Waals surface area contributed by atoms with Crippen molar-refractivity contribution < 1.29 is 22.8 Å². The molecule has 1 aliphatic heterocycles. The van der Waals surface area contributed by atoms with Gasteiger partial charge in [0.05, 0.1) is 32.4 Å². The molecule has 1 aromatic heterocycles. The fraction of sp³-hybridized carbons (Fsp3) is 0.200. The van der Waals surface area contributed by atoms with Gasteiger partial charge >= 0.3 is 0 Å². The van der Waals surface area contributed by atoms with Crippen molar-refractivity contribution in [2.45, 2.75) is 23.8 Å². The van der Waals surface area contributed by atoms with Crippen LogP contribution in [0, 0.1) is 0 Å². The number of piperidine rings is 1. The van der Waals surface area contributed by atoms with Crippen LogP contribution in [0.2, 0.25) is 10.0 Å². The Labute approximate surface area is 234 Å². The van der Waals surface area contributed by atoms with Gasteiger partial charge in [0.1, 0.15) is 5.69 Å². The van der Waals surface area contributed by atoms with Crippen LogP contribution in [0.25, 0.3) is 0 Å². The Balaban J connectivity index is 1.44. The van der Waals surface area contributed by atoms with Crippen molar-refractivity contribution in [3.63, 3.8) is 0 Å². The summed E-state index contributed by atoms with van der Waals surface area (Å²) in [5.41, 5.74) is 0.453. The lowest BCUT2D eigenvalue weighted by atomic mass is 10.1. The zero-order chi connectivity index (χ0) is 28.2. The predicted molar refractivity (Wildman–Crippen MR) is 148 cm³/mol. The molecule has 3 amide bonds. The zero-order valence-electron chi connectivity index (χ0n) is 20.4. The van der Waals surface area contributed by atoms with Crippen LogP contribution in [0.3, 0.4) is 0 Å². The lowest BCUT2D eigenvalue weighted by molar-refractivity contribution is -0.111. The molecule has 2 heterocycles. The van der Waals surface area contributed by atoms with Crippen LogP contribution in [0.5, 0.6) is 0 Å². The van der Waals surface area contributed by atoms with E-state index in [1.165, 1.54) is 40.8 Å². The van der Waals surface area contributed by atoms with Crippen LogP contribution in [0.4, 0.5) is 11.4 Å². The average molecular weight is 591 g/mol. The number of halogens is 2. The molecule has 0 unspecified atom stereocenters. The molecular weight excluding hydrogens is 567 g/mol. The molecule has 3 aromatic rings. The largest absolute Gasteiger partial charge is 0.347 e. The van der Waals surface area contributed by atoms with Gasteiger partial charge in [-0.15, -0.1) is 0 Å². The first-order valence-electron chi connectivity index (χ1n) is 11.7. The number of aromatic nitrogens is 2. The summed E-state index contributed by atoms with van der Waals surface area (Å²) in [6.45, 7) is 3.68. The third kappa shape index (κ3) is 6.48.